The summed E-state index contributed by atoms with van der Waals surface area (Å²) in [6.07, 6.45) is 3.31. The molecule has 2 rings (SSSR count). The quantitative estimate of drug-likeness (QED) is 0.755. The normalized spacial score (nSPS) is 10.7. The van der Waals surface area contributed by atoms with Crippen molar-refractivity contribution in [2.24, 2.45) is 5.73 Å². The van der Waals surface area contributed by atoms with Crippen molar-refractivity contribution in [3.05, 3.63) is 35.4 Å². The van der Waals surface area contributed by atoms with Crippen molar-refractivity contribution in [3.63, 3.8) is 0 Å². The van der Waals surface area contributed by atoms with Gasteiger partial charge in [0, 0.05) is 11.8 Å². The minimum absolute atomic E-state index is 0.0114. The minimum Gasteiger partial charge on any atom is -0.324 e. The van der Waals surface area contributed by atoms with E-state index >= 15 is 0 Å². The van der Waals surface area contributed by atoms with Crippen LogP contribution in [0.25, 0.3) is 5.52 Å². The maximum atomic E-state index is 11.4. The van der Waals surface area contributed by atoms with Crippen molar-refractivity contribution >= 4 is 22.9 Å². The molecule has 14 heavy (non-hydrogen) atoms. The van der Waals surface area contributed by atoms with Crippen LogP contribution in [0.4, 0.5) is 0 Å². The van der Waals surface area contributed by atoms with Crippen molar-refractivity contribution in [1.29, 1.82) is 0 Å². The minimum atomic E-state index is -0.118. The number of rotatable bonds is 2. The van der Waals surface area contributed by atoms with Crippen LogP contribution in [-0.2, 0) is 0 Å². The summed E-state index contributed by atoms with van der Waals surface area (Å²) in [5.41, 5.74) is 6.53. The number of fused-ring (bicyclic) bond motifs is 1. The molecule has 2 heterocycles. The van der Waals surface area contributed by atoms with Crippen molar-refractivity contribution in [1.82, 2.24) is 9.38 Å². The maximum absolute atomic E-state index is 11.4. The van der Waals surface area contributed by atoms with Gasteiger partial charge in [-0.25, -0.2) is 4.98 Å². The van der Waals surface area contributed by atoms with Gasteiger partial charge in [0.15, 0.2) is 5.78 Å². The average Bonchev–Trinajstić information content (AvgIpc) is 2.59. The van der Waals surface area contributed by atoms with Crippen LogP contribution in [0.3, 0.4) is 0 Å². The standard InChI is InChI=1S/C9H8ClN3O/c10-9-12-5-7-6(8(14)4-11)2-1-3-13(7)9/h1-3,5H,4,11H2. The molecular weight excluding hydrogens is 202 g/mol. The SMILES string of the molecule is NCC(=O)c1cccn2c(Cl)ncc12. The van der Waals surface area contributed by atoms with Crippen LogP contribution in [-0.4, -0.2) is 21.7 Å². The Balaban J connectivity index is 2.71. The predicted molar refractivity (Wildman–Crippen MR) is 53.6 cm³/mol. The van der Waals surface area contributed by atoms with Crippen molar-refractivity contribution < 1.29 is 4.79 Å². The largest absolute Gasteiger partial charge is 0.324 e. The molecule has 2 N–H and O–H groups in total. The molecule has 0 aromatic carbocycles. The van der Waals surface area contributed by atoms with Gasteiger partial charge in [-0.3, -0.25) is 9.20 Å². The number of pyridine rings is 1. The highest BCUT2D eigenvalue weighted by atomic mass is 35.5. The predicted octanol–water partition coefficient (Wildman–Crippen LogP) is 1.13. The second-order valence-electron chi connectivity index (χ2n) is 2.83. The van der Waals surface area contributed by atoms with Gasteiger partial charge < -0.3 is 5.73 Å². The lowest BCUT2D eigenvalue weighted by Gasteiger charge is -2.00. The molecule has 0 aliphatic heterocycles. The molecule has 0 saturated carbocycles. The maximum Gasteiger partial charge on any atom is 0.207 e. The number of Topliss-reactive ketones (excluding diaryl/α,β-unsaturated/α-hetero) is 1. The molecule has 0 atom stereocenters. The van der Waals surface area contributed by atoms with Crippen LogP contribution >= 0.6 is 11.6 Å². The fourth-order valence-corrected chi connectivity index (χ4v) is 1.53. The van der Waals surface area contributed by atoms with Crippen LogP contribution in [0.2, 0.25) is 5.28 Å². The molecular formula is C9H8ClN3O. The molecule has 0 radical (unpaired) electrons. The molecule has 0 fully saturated rings. The lowest BCUT2D eigenvalue weighted by molar-refractivity contribution is 0.100. The average molecular weight is 210 g/mol. The number of ketones is 1. The summed E-state index contributed by atoms with van der Waals surface area (Å²) in [7, 11) is 0. The van der Waals surface area contributed by atoms with Crippen molar-refractivity contribution in [2.45, 2.75) is 0 Å². The molecule has 0 saturated heterocycles. The zero-order valence-corrected chi connectivity index (χ0v) is 8.03. The van der Waals surface area contributed by atoms with Gasteiger partial charge in [0.25, 0.3) is 0 Å². The summed E-state index contributed by atoms with van der Waals surface area (Å²) in [4.78, 5) is 15.3. The highest BCUT2D eigenvalue weighted by molar-refractivity contribution is 6.28. The molecule has 0 aliphatic rings. The highest BCUT2D eigenvalue weighted by Gasteiger charge is 2.10. The third-order valence-electron chi connectivity index (χ3n) is 2.01. The van der Waals surface area contributed by atoms with E-state index in [1.807, 2.05) is 0 Å². The van der Waals surface area contributed by atoms with Gasteiger partial charge in [-0.2, -0.15) is 0 Å². The van der Waals surface area contributed by atoms with Gasteiger partial charge in [-0.05, 0) is 23.7 Å². The lowest BCUT2D eigenvalue weighted by Crippen LogP contribution is -2.14. The monoisotopic (exact) mass is 209 g/mol. The van der Waals surface area contributed by atoms with Gasteiger partial charge in [0.05, 0.1) is 18.3 Å². The second kappa shape index (κ2) is 3.40. The molecule has 0 aliphatic carbocycles. The summed E-state index contributed by atoms with van der Waals surface area (Å²) < 4.78 is 1.64. The molecule has 2 aromatic heterocycles. The summed E-state index contributed by atoms with van der Waals surface area (Å²) in [6.45, 7) is -0.0114. The van der Waals surface area contributed by atoms with Gasteiger partial charge >= 0.3 is 0 Å². The Bertz CT molecular complexity index is 492. The number of hydrogen-bond acceptors (Lipinski definition) is 3. The third-order valence-corrected chi connectivity index (χ3v) is 2.29. The number of carbonyl (C=O) groups excluding carboxylic acids is 1. The van der Waals surface area contributed by atoms with Gasteiger partial charge in [-0.1, -0.05) is 0 Å². The molecule has 0 amide bonds. The summed E-state index contributed by atoms with van der Waals surface area (Å²) >= 11 is 5.80. The second-order valence-corrected chi connectivity index (χ2v) is 3.17. The first-order chi connectivity index (χ1) is 6.74. The smallest absolute Gasteiger partial charge is 0.207 e. The highest BCUT2D eigenvalue weighted by Crippen LogP contribution is 2.15. The van der Waals surface area contributed by atoms with Gasteiger partial charge in [0.1, 0.15) is 0 Å². The van der Waals surface area contributed by atoms with Gasteiger partial charge in [-0.15, -0.1) is 0 Å². The number of nitrogens with two attached hydrogens (primary N) is 1. The Morgan fingerprint density at radius 3 is 3.14 bits per heavy atom. The number of carbonyl (C=O) groups is 1. The number of imidazole rings is 1. The number of hydrogen-bond donors (Lipinski definition) is 1. The summed E-state index contributed by atoms with van der Waals surface area (Å²) in [6, 6.07) is 3.45. The van der Waals surface area contributed by atoms with E-state index in [0.29, 0.717) is 16.4 Å². The summed E-state index contributed by atoms with van der Waals surface area (Å²) in [5, 5.41) is 0.340. The Morgan fingerprint density at radius 2 is 2.43 bits per heavy atom. The molecule has 0 spiro atoms. The van der Waals surface area contributed by atoms with E-state index in [2.05, 4.69) is 4.98 Å². The zero-order valence-electron chi connectivity index (χ0n) is 7.27. The first-order valence-electron chi connectivity index (χ1n) is 4.09. The Kier molecular flexibility index (Phi) is 2.23. The molecule has 72 valence electrons. The first kappa shape index (κ1) is 9.18. The molecule has 0 bridgehead atoms. The first-order valence-corrected chi connectivity index (χ1v) is 4.46. The van der Waals surface area contributed by atoms with E-state index in [9.17, 15) is 4.79 Å². The third kappa shape index (κ3) is 1.29. The number of halogens is 1. The number of nitrogens with zero attached hydrogens (tertiary/aromatic N) is 2. The molecule has 5 heteroatoms. The van der Waals surface area contributed by atoms with Crippen molar-refractivity contribution in [2.75, 3.05) is 6.54 Å². The van der Waals surface area contributed by atoms with Crippen LogP contribution in [0.5, 0.6) is 0 Å². The van der Waals surface area contributed by atoms with Crippen molar-refractivity contribution in [3.8, 4) is 0 Å². The summed E-state index contributed by atoms with van der Waals surface area (Å²) in [5.74, 6) is -0.118. The van der Waals surface area contributed by atoms with E-state index in [4.69, 9.17) is 17.3 Å². The van der Waals surface area contributed by atoms with Crippen LogP contribution in [0, 0.1) is 0 Å². The molecule has 4 nitrogen and oxygen atoms in total. The van der Waals surface area contributed by atoms with E-state index in [1.54, 1.807) is 28.9 Å². The lowest BCUT2D eigenvalue weighted by atomic mass is 10.1. The fraction of sp³-hybridized carbons (Fsp3) is 0.111. The van der Waals surface area contributed by atoms with E-state index < -0.39 is 0 Å². The van der Waals surface area contributed by atoms with E-state index in [0.717, 1.165) is 0 Å². The van der Waals surface area contributed by atoms with E-state index in [-0.39, 0.29) is 12.3 Å². The van der Waals surface area contributed by atoms with Gasteiger partial charge in [0.2, 0.25) is 5.28 Å². The Morgan fingerprint density at radius 1 is 1.64 bits per heavy atom. The van der Waals surface area contributed by atoms with Crippen LogP contribution < -0.4 is 5.73 Å². The zero-order chi connectivity index (χ0) is 10.1. The Hall–Kier alpha value is -1.39. The van der Waals surface area contributed by atoms with E-state index in [1.165, 1.54) is 0 Å². The molecule has 2 aromatic rings. The Labute approximate surface area is 85.3 Å². The van der Waals surface area contributed by atoms with Crippen LogP contribution in [0.1, 0.15) is 10.4 Å². The topological polar surface area (TPSA) is 60.4 Å². The fourth-order valence-electron chi connectivity index (χ4n) is 1.34. The van der Waals surface area contributed by atoms with Crippen LogP contribution in [0.15, 0.2) is 24.5 Å². The number of aromatic nitrogens is 2. The molecule has 0 unspecified atom stereocenters.